The molecule has 0 radical (unpaired) electrons. The van der Waals surface area contributed by atoms with E-state index in [1.807, 2.05) is 127 Å². The molecule has 0 fully saturated rings. The Balaban J connectivity index is 1.15. The first kappa shape index (κ1) is 27.6. The lowest BCUT2D eigenvalue weighted by Crippen LogP contribution is -2.00. The van der Waals surface area contributed by atoms with Crippen molar-refractivity contribution in [3.8, 4) is 68.2 Å². The number of nitrogens with zero attached hydrogens (tertiary/aromatic N) is 5. The second kappa shape index (κ2) is 11.6. The Kier molecular flexibility index (Phi) is 6.64. The van der Waals surface area contributed by atoms with Gasteiger partial charge < -0.3 is 8.83 Å². The molecule has 3 heterocycles. The average Bonchev–Trinajstić information content (AvgIpc) is 3.81. The monoisotopic (exact) mass is 619 g/mol. The molecule has 3 aromatic heterocycles. The molecular formula is C41H25N5O2. The summed E-state index contributed by atoms with van der Waals surface area (Å²) in [6.07, 6.45) is 0. The van der Waals surface area contributed by atoms with Crippen LogP contribution in [0.15, 0.2) is 160 Å². The van der Waals surface area contributed by atoms with Crippen LogP contribution < -0.4 is 0 Å². The lowest BCUT2D eigenvalue weighted by molar-refractivity contribution is 0.617. The summed E-state index contributed by atoms with van der Waals surface area (Å²) in [7, 11) is 0. The molecule has 7 heteroatoms. The van der Waals surface area contributed by atoms with E-state index < -0.39 is 0 Å². The van der Waals surface area contributed by atoms with Gasteiger partial charge in [0.15, 0.2) is 28.6 Å². The van der Waals surface area contributed by atoms with Crippen LogP contribution in [0, 0.1) is 0 Å². The lowest BCUT2D eigenvalue weighted by atomic mass is 9.98. The van der Waals surface area contributed by atoms with Crippen molar-refractivity contribution in [2.75, 3.05) is 0 Å². The van der Waals surface area contributed by atoms with Crippen molar-refractivity contribution < 1.29 is 8.83 Å². The van der Waals surface area contributed by atoms with E-state index in [9.17, 15) is 0 Å². The average molecular weight is 620 g/mol. The number of fused-ring (bicyclic) bond motifs is 2. The van der Waals surface area contributed by atoms with Gasteiger partial charge in [-0.1, -0.05) is 109 Å². The third-order valence-electron chi connectivity index (χ3n) is 8.19. The van der Waals surface area contributed by atoms with Crippen LogP contribution in [0.1, 0.15) is 0 Å². The summed E-state index contributed by atoms with van der Waals surface area (Å²) >= 11 is 0. The molecule has 226 valence electrons. The van der Waals surface area contributed by atoms with Crippen molar-refractivity contribution in [2.24, 2.45) is 0 Å². The Bertz CT molecular complexity index is 2340. The van der Waals surface area contributed by atoms with Gasteiger partial charge in [0, 0.05) is 27.8 Å². The van der Waals surface area contributed by atoms with Crippen molar-refractivity contribution in [1.82, 2.24) is 24.9 Å². The van der Waals surface area contributed by atoms with E-state index in [1.165, 1.54) is 0 Å². The second-order valence-electron chi connectivity index (χ2n) is 11.4. The number of para-hydroxylation sites is 4. The number of aromatic nitrogens is 5. The Morgan fingerprint density at radius 1 is 0.292 bits per heavy atom. The summed E-state index contributed by atoms with van der Waals surface area (Å²) in [4.78, 5) is 24.1. The number of oxazole rings is 2. The zero-order valence-corrected chi connectivity index (χ0v) is 25.5. The van der Waals surface area contributed by atoms with Crippen LogP contribution in [0.5, 0.6) is 0 Å². The van der Waals surface area contributed by atoms with Crippen LogP contribution >= 0.6 is 0 Å². The van der Waals surface area contributed by atoms with E-state index >= 15 is 0 Å². The fourth-order valence-electron chi connectivity index (χ4n) is 5.78. The zero-order valence-electron chi connectivity index (χ0n) is 25.5. The standard InChI is InChI=1S/C41H25N5O2/c1-3-11-27(12-4-1)37-44-38(28-13-5-2-6-14-28)46-39(45-37)29-21-19-26(20-22-29)30-23-31(40-42-33-15-7-9-17-35(33)47-40)25-32(24-30)41-43-34-16-8-10-18-36(34)48-41/h1-25H. The van der Waals surface area contributed by atoms with Gasteiger partial charge in [-0.15, -0.1) is 0 Å². The van der Waals surface area contributed by atoms with Crippen LogP contribution in [0.25, 0.3) is 90.4 Å². The van der Waals surface area contributed by atoms with Crippen molar-refractivity contribution in [3.63, 3.8) is 0 Å². The van der Waals surface area contributed by atoms with E-state index in [2.05, 4.69) is 24.3 Å². The largest absolute Gasteiger partial charge is 0.436 e. The smallest absolute Gasteiger partial charge is 0.227 e. The molecule has 9 aromatic rings. The molecular weight excluding hydrogens is 594 g/mol. The second-order valence-corrected chi connectivity index (χ2v) is 11.4. The van der Waals surface area contributed by atoms with Crippen molar-refractivity contribution in [3.05, 3.63) is 152 Å². The quantitative estimate of drug-likeness (QED) is 0.183. The molecule has 0 aliphatic heterocycles. The van der Waals surface area contributed by atoms with Gasteiger partial charge in [-0.05, 0) is 53.6 Å². The third-order valence-corrected chi connectivity index (χ3v) is 8.19. The number of benzene rings is 6. The topological polar surface area (TPSA) is 90.7 Å². The predicted octanol–water partition coefficient (Wildman–Crippen LogP) is 10.2. The normalized spacial score (nSPS) is 11.3. The molecule has 0 atom stereocenters. The maximum atomic E-state index is 6.18. The molecule has 0 unspecified atom stereocenters. The van der Waals surface area contributed by atoms with Crippen LogP contribution in [-0.4, -0.2) is 24.9 Å². The molecule has 0 amide bonds. The first-order valence-electron chi connectivity index (χ1n) is 15.6. The van der Waals surface area contributed by atoms with Crippen LogP contribution in [0.3, 0.4) is 0 Å². The fraction of sp³-hybridized carbons (Fsp3) is 0. The van der Waals surface area contributed by atoms with Crippen molar-refractivity contribution in [2.45, 2.75) is 0 Å². The van der Waals surface area contributed by atoms with Crippen molar-refractivity contribution in [1.29, 1.82) is 0 Å². The summed E-state index contributed by atoms with van der Waals surface area (Å²) in [6.45, 7) is 0. The number of rotatable bonds is 6. The summed E-state index contributed by atoms with van der Waals surface area (Å²) < 4.78 is 12.4. The Morgan fingerprint density at radius 3 is 1.12 bits per heavy atom. The van der Waals surface area contributed by atoms with Crippen molar-refractivity contribution >= 4 is 22.2 Å². The lowest BCUT2D eigenvalue weighted by Gasteiger charge is -2.10. The Hall–Kier alpha value is -6.73. The van der Waals surface area contributed by atoms with Crippen LogP contribution in [-0.2, 0) is 0 Å². The van der Waals surface area contributed by atoms with E-state index in [1.54, 1.807) is 0 Å². The van der Waals surface area contributed by atoms with E-state index in [-0.39, 0.29) is 0 Å². The summed E-state index contributed by atoms with van der Waals surface area (Å²) in [5, 5.41) is 0. The molecule has 7 nitrogen and oxygen atoms in total. The van der Waals surface area contributed by atoms with Gasteiger partial charge in [0.2, 0.25) is 11.8 Å². The highest BCUT2D eigenvalue weighted by Gasteiger charge is 2.17. The number of hydrogen-bond acceptors (Lipinski definition) is 7. The van der Waals surface area contributed by atoms with E-state index in [4.69, 9.17) is 33.8 Å². The summed E-state index contributed by atoms with van der Waals surface area (Å²) in [5.41, 5.74) is 9.39. The molecule has 48 heavy (non-hydrogen) atoms. The van der Waals surface area contributed by atoms with Crippen LogP contribution in [0.4, 0.5) is 0 Å². The minimum Gasteiger partial charge on any atom is -0.436 e. The third kappa shape index (κ3) is 5.19. The zero-order chi connectivity index (χ0) is 31.9. The van der Waals surface area contributed by atoms with Gasteiger partial charge >= 0.3 is 0 Å². The van der Waals surface area contributed by atoms with Gasteiger partial charge in [-0.25, -0.2) is 24.9 Å². The SMILES string of the molecule is c1ccc(-c2nc(-c3ccccc3)nc(-c3ccc(-c4cc(-c5nc6ccccc6o5)cc(-c5nc6ccccc6o5)c4)cc3)n2)cc1. The molecule has 0 aliphatic rings. The summed E-state index contributed by atoms with van der Waals surface area (Å²) in [6, 6.07) is 49.9. The van der Waals surface area contributed by atoms with Crippen LogP contribution in [0.2, 0.25) is 0 Å². The highest BCUT2D eigenvalue weighted by Crippen LogP contribution is 2.35. The van der Waals surface area contributed by atoms with Gasteiger partial charge in [0.25, 0.3) is 0 Å². The first-order chi connectivity index (χ1) is 23.7. The predicted molar refractivity (Wildman–Crippen MR) is 188 cm³/mol. The maximum Gasteiger partial charge on any atom is 0.227 e. The number of hydrogen-bond donors (Lipinski definition) is 0. The Labute approximate surface area is 275 Å². The molecule has 0 aliphatic carbocycles. The first-order valence-corrected chi connectivity index (χ1v) is 15.6. The molecule has 0 bridgehead atoms. The highest BCUT2D eigenvalue weighted by atomic mass is 16.4. The van der Waals surface area contributed by atoms with Gasteiger partial charge in [-0.3, -0.25) is 0 Å². The molecule has 0 spiro atoms. The maximum absolute atomic E-state index is 6.18. The van der Waals surface area contributed by atoms with Gasteiger partial charge in [0.1, 0.15) is 11.0 Å². The fourth-order valence-corrected chi connectivity index (χ4v) is 5.78. The Morgan fingerprint density at radius 2 is 0.667 bits per heavy atom. The molecule has 6 aromatic carbocycles. The molecule has 9 rings (SSSR count). The van der Waals surface area contributed by atoms with Gasteiger partial charge in [0.05, 0.1) is 0 Å². The summed E-state index contributed by atoms with van der Waals surface area (Å²) in [5.74, 6) is 2.90. The highest BCUT2D eigenvalue weighted by molar-refractivity contribution is 5.83. The van der Waals surface area contributed by atoms with Gasteiger partial charge in [-0.2, -0.15) is 0 Å². The molecule has 0 saturated heterocycles. The minimum atomic E-state index is 0.527. The molecule has 0 saturated carbocycles. The minimum absolute atomic E-state index is 0.527. The molecule has 0 N–H and O–H groups in total. The van der Waals surface area contributed by atoms with E-state index in [0.29, 0.717) is 29.3 Å². The van der Waals surface area contributed by atoms with E-state index in [0.717, 1.165) is 61.1 Å².